The molecule has 2 aromatic rings. The first-order valence-electron chi connectivity index (χ1n) is 7.45. The number of pyridine rings is 1. The van der Waals surface area contributed by atoms with Gasteiger partial charge in [-0.2, -0.15) is 5.11 Å². The van der Waals surface area contributed by atoms with Crippen LogP contribution in [0.4, 0.5) is 17.1 Å². The Morgan fingerprint density at radius 3 is 2.62 bits per heavy atom. The van der Waals surface area contributed by atoms with E-state index in [1.165, 1.54) is 4.57 Å². The van der Waals surface area contributed by atoms with Gasteiger partial charge in [-0.1, -0.05) is 6.07 Å². The fourth-order valence-corrected chi connectivity index (χ4v) is 2.36. The first-order chi connectivity index (χ1) is 11.4. The number of nitrogen functional groups attached to an aromatic ring is 1. The molecule has 0 unspecified atom stereocenters. The van der Waals surface area contributed by atoms with Crippen molar-refractivity contribution in [1.82, 2.24) is 4.57 Å². The van der Waals surface area contributed by atoms with Crippen LogP contribution in [0, 0.1) is 13.8 Å². The molecule has 8 heteroatoms. The van der Waals surface area contributed by atoms with Crippen LogP contribution in [0.5, 0.6) is 5.88 Å². The molecule has 0 saturated heterocycles. The lowest BCUT2D eigenvalue weighted by Crippen LogP contribution is -2.22. The Balaban J connectivity index is 2.61. The molecule has 1 aromatic heterocycles. The van der Waals surface area contributed by atoms with Gasteiger partial charge >= 0.3 is 0 Å². The molecule has 0 aliphatic carbocycles. The normalized spacial score (nSPS) is 11.3. The van der Waals surface area contributed by atoms with E-state index in [2.05, 4.69) is 15.1 Å². The van der Waals surface area contributed by atoms with Gasteiger partial charge in [-0.3, -0.25) is 14.2 Å². The Morgan fingerprint density at radius 2 is 2.00 bits per heavy atom. The van der Waals surface area contributed by atoms with E-state index in [0.717, 1.165) is 5.56 Å². The second kappa shape index (κ2) is 7.24. The van der Waals surface area contributed by atoms with E-state index in [-0.39, 0.29) is 24.7 Å². The molecule has 1 aromatic carbocycles. The average molecular weight is 331 g/mol. The predicted octanol–water partition coefficient (Wildman–Crippen LogP) is 2.58. The maximum Gasteiger partial charge on any atom is 0.281 e. The molecule has 128 valence electrons. The molecule has 0 aliphatic rings. The monoisotopic (exact) mass is 331 g/mol. The number of rotatable bonds is 5. The van der Waals surface area contributed by atoms with Gasteiger partial charge < -0.3 is 10.8 Å². The number of hydrogen-bond donors (Lipinski definition) is 3. The highest BCUT2D eigenvalue weighted by molar-refractivity contribution is 5.56. The van der Waals surface area contributed by atoms with Crippen molar-refractivity contribution < 1.29 is 9.94 Å². The highest BCUT2D eigenvalue weighted by Gasteiger charge is 2.18. The molecule has 1 heterocycles. The zero-order valence-electron chi connectivity index (χ0n) is 13.9. The third-order valence-corrected chi connectivity index (χ3v) is 3.82. The number of aromatic hydroxyl groups is 1. The van der Waals surface area contributed by atoms with Crippen molar-refractivity contribution in [1.29, 1.82) is 0 Å². The van der Waals surface area contributed by atoms with Crippen LogP contribution in [0.2, 0.25) is 0 Å². The van der Waals surface area contributed by atoms with Gasteiger partial charge in [0.1, 0.15) is 0 Å². The fraction of sp³-hybridized carbons (Fsp3) is 0.312. The van der Waals surface area contributed by atoms with Crippen molar-refractivity contribution in [2.75, 3.05) is 5.73 Å². The maximum atomic E-state index is 12.5. The lowest BCUT2D eigenvalue weighted by Gasteiger charge is -2.14. The van der Waals surface area contributed by atoms with E-state index in [1.54, 1.807) is 26.0 Å². The zero-order valence-corrected chi connectivity index (χ0v) is 13.9. The molecule has 0 amide bonds. The maximum absolute atomic E-state index is 12.5. The molecule has 0 spiro atoms. The summed E-state index contributed by atoms with van der Waals surface area (Å²) in [6.45, 7) is 5.51. The third kappa shape index (κ3) is 3.29. The summed E-state index contributed by atoms with van der Waals surface area (Å²) in [7, 11) is 0. The van der Waals surface area contributed by atoms with Crippen molar-refractivity contribution in [3.8, 4) is 5.88 Å². The second-order valence-electron chi connectivity index (χ2n) is 5.38. The second-order valence-corrected chi connectivity index (χ2v) is 5.38. The van der Waals surface area contributed by atoms with E-state index in [1.807, 2.05) is 13.0 Å². The summed E-state index contributed by atoms with van der Waals surface area (Å²) in [4.78, 5) is 17.1. The van der Waals surface area contributed by atoms with Crippen LogP contribution in [0.1, 0.15) is 23.6 Å². The molecule has 2 rings (SSSR count). The Labute approximate surface area is 139 Å². The highest BCUT2D eigenvalue weighted by Crippen LogP contribution is 2.29. The van der Waals surface area contributed by atoms with Gasteiger partial charge in [0.2, 0.25) is 0 Å². The number of anilines is 1. The largest absolute Gasteiger partial charge is 0.494 e. The number of azo groups is 1. The number of aryl methyl sites for hydroxylation is 1. The Bertz CT molecular complexity index is 843. The standard InChI is InChI=1S/C16H21N5O3/c1-4-21-15(22)12(8-24-18)10(3)14(16(21)23)20-19-13-7-11(17)6-5-9(13)2/h5-7,22H,4,8,17-18H2,1-3H3. The number of benzene rings is 1. The first-order valence-corrected chi connectivity index (χ1v) is 7.45. The van der Waals surface area contributed by atoms with Crippen LogP contribution in [-0.4, -0.2) is 9.67 Å². The number of nitrogens with zero attached hydrogens (tertiary/aromatic N) is 3. The first kappa shape index (κ1) is 17.6. The van der Waals surface area contributed by atoms with Crippen molar-refractivity contribution in [2.24, 2.45) is 16.1 Å². The summed E-state index contributed by atoms with van der Waals surface area (Å²) in [5, 5.41) is 18.5. The Morgan fingerprint density at radius 1 is 1.29 bits per heavy atom. The van der Waals surface area contributed by atoms with Crippen molar-refractivity contribution in [3.63, 3.8) is 0 Å². The molecule has 0 atom stereocenters. The van der Waals surface area contributed by atoms with E-state index < -0.39 is 5.56 Å². The van der Waals surface area contributed by atoms with Gasteiger partial charge in [0.25, 0.3) is 5.56 Å². The van der Waals surface area contributed by atoms with Crippen LogP contribution in [0.3, 0.4) is 0 Å². The number of aromatic nitrogens is 1. The molecule has 0 bridgehead atoms. The highest BCUT2D eigenvalue weighted by atomic mass is 16.6. The van der Waals surface area contributed by atoms with Gasteiger partial charge in [0.05, 0.1) is 12.3 Å². The summed E-state index contributed by atoms with van der Waals surface area (Å²) in [5.74, 6) is 4.94. The van der Waals surface area contributed by atoms with Crippen molar-refractivity contribution in [3.05, 3.63) is 45.2 Å². The van der Waals surface area contributed by atoms with E-state index in [0.29, 0.717) is 22.5 Å². The third-order valence-electron chi connectivity index (χ3n) is 3.82. The Kier molecular flexibility index (Phi) is 5.32. The molecule has 0 saturated carbocycles. The van der Waals surface area contributed by atoms with Crippen LogP contribution in [0.15, 0.2) is 33.2 Å². The van der Waals surface area contributed by atoms with Gasteiger partial charge in [0.15, 0.2) is 11.6 Å². The van der Waals surface area contributed by atoms with E-state index in [9.17, 15) is 9.90 Å². The smallest absolute Gasteiger partial charge is 0.281 e. The number of hydrogen-bond acceptors (Lipinski definition) is 7. The van der Waals surface area contributed by atoms with E-state index >= 15 is 0 Å². The quantitative estimate of drug-likeness (QED) is 0.440. The topological polar surface area (TPSA) is 128 Å². The minimum absolute atomic E-state index is 0.0439. The summed E-state index contributed by atoms with van der Waals surface area (Å²) in [5.41, 5.74) is 8.33. The molecule has 5 N–H and O–H groups in total. The summed E-state index contributed by atoms with van der Waals surface area (Å²) >= 11 is 0. The molecule has 0 aliphatic heterocycles. The Hall–Kier alpha value is -2.71. The molecular formula is C16H21N5O3. The summed E-state index contributed by atoms with van der Waals surface area (Å²) in [6.07, 6.45) is 0. The van der Waals surface area contributed by atoms with Crippen molar-refractivity contribution in [2.45, 2.75) is 33.9 Å². The summed E-state index contributed by atoms with van der Waals surface area (Å²) in [6, 6.07) is 5.27. The van der Waals surface area contributed by atoms with Crippen LogP contribution >= 0.6 is 0 Å². The number of nitrogens with two attached hydrogens (primary N) is 2. The van der Waals surface area contributed by atoms with Crippen LogP contribution < -0.4 is 17.2 Å². The minimum atomic E-state index is -0.432. The predicted molar refractivity (Wildman–Crippen MR) is 91.5 cm³/mol. The van der Waals surface area contributed by atoms with Crippen LogP contribution in [0.25, 0.3) is 0 Å². The molecule has 0 fully saturated rings. The zero-order chi connectivity index (χ0) is 17.9. The van der Waals surface area contributed by atoms with Gasteiger partial charge in [-0.05, 0) is 44.0 Å². The fourth-order valence-electron chi connectivity index (χ4n) is 2.36. The molecular weight excluding hydrogens is 310 g/mol. The van der Waals surface area contributed by atoms with Gasteiger partial charge in [0, 0.05) is 17.8 Å². The lowest BCUT2D eigenvalue weighted by atomic mass is 10.1. The van der Waals surface area contributed by atoms with E-state index in [4.69, 9.17) is 11.6 Å². The molecule has 8 nitrogen and oxygen atoms in total. The molecule has 24 heavy (non-hydrogen) atoms. The van der Waals surface area contributed by atoms with Gasteiger partial charge in [-0.25, -0.2) is 5.90 Å². The summed E-state index contributed by atoms with van der Waals surface area (Å²) < 4.78 is 1.20. The van der Waals surface area contributed by atoms with Crippen LogP contribution in [-0.2, 0) is 18.0 Å². The van der Waals surface area contributed by atoms with Gasteiger partial charge in [-0.15, -0.1) is 5.11 Å². The lowest BCUT2D eigenvalue weighted by molar-refractivity contribution is 0.120. The van der Waals surface area contributed by atoms with Crippen molar-refractivity contribution >= 4 is 17.1 Å². The SMILES string of the molecule is CCn1c(O)c(CON)c(C)c(N=Nc2cc(N)ccc2C)c1=O. The molecule has 0 radical (unpaired) electrons. The average Bonchev–Trinajstić information content (AvgIpc) is 2.55. The minimum Gasteiger partial charge on any atom is -0.494 e.